The van der Waals surface area contributed by atoms with E-state index < -0.39 is 0 Å². The molecule has 1 aromatic heterocycles. The number of hydrogen-bond acceptors (Lipinski definition) is 2. The van der Waals surface area contributed by atoms with Crippen molar-refractivity contribution in [1.29, 1.82) is 0 Å². The molecule has 0 aromatic carbocycles. The van der Waals surface area contributed by atoms with Crippen LogP contribution < -0.4 is 0 Å². The molecule has 2 nitrogen and oxygen atoms in total. The summed E-state index contributed by atoms with van der Waals surface area (Å²) in [5, 5.41) is 0.264. The summed E-state index contributed by atoms with van der Waals surface area (Å²) < 4.78 is 0. The van der Waals surface area contributed by atoms with Crippen molar-refractivity contribution in [3.8, 4) is 0 Å². The van der Waals surface area contributed by atoms with Crippen LogP contribution in [0.5, 0.6) is 0 Å². The zero-order chi connectivity index (χ0) is 10.8. The minimum atomic E-state index is 0.264. The zero-order valence-corrected chi connectivity index (χ0v) is 10.0. The molecular formula is C12H17ClN2. The van der Waals surface area contributed by atoms with Crippen molar-refractivity contribution in [2.45, 2.75) is 44.4 Å². The van der Waals surface area contributed by atoms with E-state index in [2.05, 4.69) is 29.9 Å². The van der Waals surface area contributed by atoms with Gasteiger partial charge in [0.25, 0.3) is 0 Å². The topological polar surface area (TPSA) is 25.8 Å². The Morgan fingerprint density at radius 2 is 2.13 bits per heavy atom. The van der Waals surface area contributed by atoms with Gasteiger partial charge in [0.15, 0.2) is 0 Å². The van der Waals surface area contributed by atoms with Crippen molar-refractivity contribution in [3.63, 3.8) is 0 Å². The lowest BCUT2D eigenvalue weighted by Gasteiger charge is -2.09. The first kappa shape index (κ1) is 10.9. The van der Waals surface area contributed by atoms with Crippen LogP contribution in [0.25, 0.3) is 0 Å². The minimum absolute atomic E-state index is 0.264. The van der Waals surface area contributed by atoms with E-state index >= 15 is 0 Å². The number of alkyl halides is 1. The van der Waals surface area contributed by atoms with E-state index in [1.54, 1.807) is 6.33 Å². The average molecular weight is 225 g/mol. The first-order valence-corrected chi connectivity index (χ1v) is 6.05. The molecule has 0 amide bonds. The van der Waals surface area contributed by atoms with E-state index in [4.69, 9.17) is 11.6 Å². The summed E-state index contributed by atoms with van der Waals surface area (Å²) in [6.07, 6.45) is 5.11. The maximum absolute atomic E-state index is 6.28. The monoisotopic (exact) mass is 224 g/mol. The summed E-state index contributed by atoms with van der Waals surface area (Å²) >= 11 is 6.28. The fraction of sp³-hybridized carbons (Fsp3) is 0.667. The van der Waals surface area contributed by atoms with Gasteiger partial charge in [-0.2, -0.15) is 0 Å². The van der Waals surface area contributed by atoms with E-state index in [1.807, 2.05) is 0 Å². The third-order valence-corrected chi connectivity index (χ3v) is 3.38. The Bertz CT molecular complexity index is 334. The molecule has 1 aliphatic rings. The Morgan fingerprint density at radius 3 is 2.73 bits per heavy atom. The van der Waals surface area contributed by atoms with Crippen molar-refractivity contribution < 1.29 is 0 Å². The highest BCUT2D eigenvalue weighted by molar-refractivity contribution is 6.21. The summed E-state index contributed by atoms with van der Waals surface area (Å²) in [6.45, 7) is 4.29. The molecule has 0 radical (unpaired) electrons. The fourth-order valence-electron chi connectivity index (χ4n) is 1.67. The predicted octanol–water partition coefficient (Wildman–Crippen LogP) is 3.16. The highest BCUT2D eigenvalue weighted by Gasteiger charge is 2.29. The minimum Gasteiger partial charge on any atom is -0.241 e. The Labute approximate surface area is 96.1 Å². The molecule has 0 aliphatic heterocycles. The summed E-state index contributed by atoms with van der Waals surface area (Å²) in [5.41, 5.74) is 2.19. The second kappa shape index (κ2) is 4.48. The van der Waals surface area contributed by atoms with Gasteiger partial charge in [-0.25, -0.2) is 9.97 Å². The molecule has 1 heterocycles. The molecule has 1 saturated carbocycles. The van der Waals surface area contributed by atoms with Crippen molar-refractivity contribution >= 4 is 11.6 Å². The van der Waals surface area contributed by atoms with Crippen LogP contribution in [-0.4, -0.2) is 15.3 Å². The second-order valence-corrected chi connectivity index (χ2v) is 5.21. The van der Waals surface area contributed by atoms with Crippen LogP contribution in [0.4, 0.5) is 0 Å². The van der Waals surface area contributed by atoms with Crippen LogP contribution in [-0.2, 0) is 6.42 Å². The van der Waals surface area contributed by atoms with Gasteiger partial charge in [-0.1, -0.05) is 13.8 Å². The lowest BCUT2D eigenvalue weighted by molar-refractivity contribution is 0.714. The Kier molecular flexibility index (Phi) is 3.25. The Balaban J connectivity index is 2.03. The van der Waals surface area contributed by atoms with E-state index in [1.165, 1.54) is 12.8 Å². The maximum Gasteiger partial charge on any atom is 0.115 e. The number of halogens is 1. The van der Waals surface area contributed by atoms with Gasteiger partial charge in [0.2, 0.25) is 0 Å². The number of rotatable bonds is 4. The molecule has 1 unspecified atom stereocenters. The van der Waals surface area contributed by atoms with Gasteiger partial charge in [-0.05, 0) is 30.7 Å². The fourth-order valence-corrected chi connectivity index (χ4v) is 2.08. The third kappa shape index (κ3) is 2.91. The summed E-state index contributed by atoms with van der Waals surface area (Å²) in [4.78, 5) is 8.53. The molecule has 0 N–H and O–H groups in total. The average Bonchev–Trinajstić information content (AvgIpc) is 3.01. The van der Waals surface area contributed by atoms with Crippen LogP contribution >= 0.6 is 11.6 Å². The maximum atomic E-state index is 6.28. The molecule has 1 aromatic rings. The highest BCUT2D eigenvalue weighted by Crippen LogP contribution is 2.37. The lowest BCUT2D eigenvalue weighted by atomic mass is 10.1. The van der Waals surface area contributed by atoms with Gasteiger partial charge < -0.3 is 0 Å². The van der Waals surface area contributed by atoms with Crippen molar-refractivity contribution in [1.82, 2.24) is 9.97 Å². The van der Waals surface area contributed by atoms with Crippen LogP contribution in [0.1, 0.15) is 44.0 Å². The van der Waals surface area contributed by atoms with Gasteiger partial charge >= 0.3 is 0 Å². The van der Waals surface area contributed by atoms with E-state index in [9.17, 15) is 0 Å². The summed E-state index contributed by atoms with van der Waals surface area (Å²) in [5.74, 6) is 1.19. The first-order valence-electron chi connectivity index (χ1n) is 5.61. The molecule has 0 bridgehead atoms. The van der Waals surface area contributed by atoms with Crippen LogP contribution in [0.3, 0.4) is 0 Å². The zero-order valence-electron chi connectivity index (χ0n) is 9.28. The number of nitrogens with zero attached hydrogens (tertiary/aromatic N) is 2. The quantitative estimate of drug-likeness (QED) is 0.735. The Morgan fingerprint density at radius 1 is 1.40 bits per heavy atom. The van der Waals surface area contributed by atoms with E-state index in [-0.39, 0.29) is 5.38 Å². The largest absolute Gasteiger partial charge is 0.241 e. The van der Waals surface area contributed by atoms with Gasteiger partial charge in [0.1, 0.15) is 6.33 Å². The van der Waals surface area contributed by atoms with Crippen LogP contribution in [0, 0.1) is 5.92 Å². The molecule has 2 rings (SSSR count). The molecule has 0 saturated heterocycles. The van der Waals surface area contributed by atoms with Crippen molar-refractivity contribution in [2.75, 3.05) is 0 Å². The molecular weight excluding hydrogens is 208 g/mol. The smallest absolute Gasteiger partial charge is 0.115 e. The molecule has 1 fully saturated rings. The SMILES string of the molecule is CC(C)c1cc(CC(Cl)C2CC2)ncn1. The molecule has 1 aliphatic carbocycles. The first-order chi connectivity index (χ1) is 7.16. The van der Waals surface area contributed by atoms with E-state index in [0.29, 0.717) is 5.92 Å². The number of hydrogen-bond donors (Lipinski definition) is 0. The second-order valence-electron chi connectivity index (χ2n) is 4.65. The molecule has 15 heavy (non-hydrogen) atoms. The van der Waals surface area contributed by atoms with Gasteiger partial charge in [0, 0.05) is 23.2 Å². The van der Waals surface area contributed by atoms with Crippen molar-refractivity contribution in [3.05, 3.63) is 23.8 Å². The van der Waals surface area contributed by atoms with Crippen LogP contribution in [0.15, 0.2) is 12.4 Å². The van der Waals surface area contributed by atoms with Gasteiger partial charge in [-0.3, -0.25) is 0 Å². The molecule has 1 atom stereocenters. The third-order valence-electron chi connectivity index (χ3n) is 2.87. The predicted molar refractivity (Wildman–Crippen MR) is 62.2 cm³/mol. The summed E-state index contributed by atoms with van der Waals surface area (Å²) in [7, 11) is 0. The van der Waals surface area contributed by atoms with Crippen LogP contribution in [0.2, 0.25) is 0 Å². The normalized spacial score (nSPS) is 18.1. The number of aromatic nitrogens is 2. The summed E-state index contributed by atoms with van der Waals surface area (Å²) in [6, 6.07) is 2.09. The standard InChI is InChI=1S/C12H17ClN2/c1-8(2)12-6-10(14-7-15-12)5-11(13)9-3-4-9/h6-9,11H,3-5H2,1-2H3. The molecule has 0 spiro atoms. The van der Waals surface area contributed by atoms with E-state index in [0.717, 1.165) is 23.7 Å². The van der Waals surface area contributed by atoms with Gasteiger partial charge in [0.05, 0.1) is 0 Å². The Hall–Kier alpha value is -0.630. The highest BCUT2D eigenvalue weighted by atomic mass is 35.5. The molecule has 82 valence electrons. The lowest BCUT2D eigenvalue weighted by Crippen LogP contribution is -2.08. The van der Waals surface area contributed by atoms with Gasteiger partial charge in [-0.15, -0.1) is 11.6 Å². The molecule has 3 heteroatoms. The van der Waals surface area contributed by atoms with Crippen molar-refractivity contribution in [2.24, 2.45) is 5.92 Å².